The fourth-order valence-electron chi connectivity index (χ4n) is 6.33. The van der Waals surface area contributed by atoms with E-state index in [1.807, 2.05) is 19.1 Å². The van der Waals surface area contributed by atoms with Gasteiger partial charge in [0.05, 0.1) is 17.1 Å². The molecule has 4 heterocycles. The van der Waals surface area contributed by atoms with Crippen molar-refractivity contribution < 1.29 is 13.1 Å². The summed E-state index contributed by atoms with van der Waals surface area (Å²) >= 11 is 0.0602. The lowest BCUT2D eigenvalue weighted by Gasteiger charge is -2.35. The molecule has 1 saturated heterocycles. The summed E-state index contributed by atoms with van der Waals surface area (Å²) in [6.07, 6.45) is 3.40. The number of anilines is 1. The van der Waals surface area contributed by atoms with Crippen LogP contribution in [-0.2, 0) is 7.05 Å². The molecule has 2 aliphatic heterocycles. The normalized spacial score (nSPS) is 20.1. The first-order valence-electron chi connectivity index (χ1n) is 12.9. The molecular formula is C28H30BF2N5OS. The van der Waals surface area contributed by atoms with Gasteiger partial charge in [0, 0.05) is 29.6 Å². The third-order valence-electron chi connectivity index (χ3n) is 9.32. The molecule has 0 radical (unpaired) electrons. The highest BCUT2D eigenvalue weighted by atomic mass is 32.2. The Morgan fingerprint density at radius 2 is 1.79 bits per heavy atom. The van der Waals surface area contributed by atoms with E-state index < -0.39 is 6.04 Å². The van der Waals surface area contributed by atoms with E-state index in [1.165, 1.54) is 10.3 Å². The molecule has 1 unspecified atom stereocenters. The van der Waals surface area contributed by atoms with Crippen LogP contribution in [0.3, 0.4) is 0 Å². The Balaban J connectivity index is 1.45. The topological polar surface area (TPSA) is 56.0 Å². The van der Waals surface area contributed by atoms with Gasteiger partial charge in [-0.05, 0) is 42.0 Å². The number of rotatable bonds is 4. The first-order chi connectivity index (χ1) is 17.9. The highest BCUT2D eigenvalue weighted by Crippen LogP contribution is 2.53. The van der Waals surface area contributed by atoms with E-state index in [0.29, 0.717) is 33.5 Å². The predicted octanol–water partition coefficient (Wildman–Crippen LogP) is 6.12. The average Bonchev–Trinajstić information content (AvgIpc) is 3.54. The Hall–Kier alpha value is -3.14. The van der Waals surface area contributed by atoms with E-state index in [-0.39, 0.29) is 41.6 Å². The number of fused-ring (bicyclic) bond motifs is 2. The second-order valence-corrected chi connectivity index (χ2v) is 12.5. The number of hydrogen-bond donors (Lipinski definition) is 0. The van der Waals surface area contributed by atoms with Gasteiger partial charge in [0.25, 0.3) is 5.91 Å². The number of halogens is 2. The molecule has 1 fully saturated rings. The lowest BCUT2D eigenvalue weighted by molar-refractivity contribution is 0.0988. The molecule has 0 bridgehead atoms. The first kappa shape index (κ1) is 25.2. The SMILES string of the molecule is Cc1c2c(nn1C)C(=O)N(c1ccc3c(c1)ncn3SF)C2c1ccc(B2CC(C)(C)C(C)(C)C2)cc1F. The van der Waals surface area contributed by atoms with Crippen LogP contribution in [0.1, 0.15) is 61.0 Å². The molecule has 38 heavy (non-hydrogen) atoms. The highest BCUT2D eigenvalue weighted by Gasteiger charge is 2.49. The van der Waals surface area contributed by atoms with Crippen LogP contribution in [0, 0.1) is 23.6 Å². The van der Waals surface area contributed by atoms with Gasteiger partial charge >= 0.3 is 0 Å². The Bertz CT molecular complexity index is 1590. The molecule has 10 heteroatoms. The van der Waals surface area contributed by atoms with E-state index in [1.54, 1.807) is 40.9 Å². The minimum atomic E-state index is -0.674. The second-order valence-electron chi connectivity index (χ2n) is 12.0. The summed E-state index contributed by atoms with van der Waals surface area (Å²) in [6, 6.07) is 10.1. The molecule has 2 aliphatic rings. The largest absolute Gasteiger partial charge is 0.295 e. The van der Waals surface area contributed by atoms with Crippen molar-refractivity contribution in [2.75, 3.05) is 4.90 Å². The van der Waals surface area contributed by atoms with Gasteiger partial charge in [0.2, 0.25) is 0 Å². The highest BCUT2D eigenvalue weighted by molar-refractivity contribution is 7.92. The molecule has 2 aromatic carbocycles. The van der Waals surface area contributed by atoms with Crippen LogP contribution in [0.5, 0.6) is 0 Å². The lowest BCUT2D eigenvalue weighted by Crippen LogP contribution is -2.32. The van der Waals surface area contributed by atoms with Crippen molar-refractivity contribution in [3.05, 3.63) is 71.1 Å². The van der Waals surface area contributed by atoms with Crippen molar-refractivity contribution in [3.8, 4) is 0 Å². The van der Waals surface area contributed by atoms with Crippen LogP contribution in [0.25, 0.3) is 11.0 Å². The molecule has 2 aromatic heterocycles. The zero-order chi connectivity index (χ0) is 27.1. The smallest absolute Gasteiger partial charge is 0.280 e. The summed E-state index contributed by atoms with van der Waals surface area (Å²) in [7, 11) is 1.79. The van der Waals surface area contributed by atoms with E-state index >= 15 is 4.39 Å². The minimum Gasteiger partial charge on any atom is -0.295 e. The van der Waals surface area contributed by atoms with Crippen LogP contribution < -0.4 is 10.4 Å². The van der Waals surface area contributed by atoms with Crippen molar-refractivity contribution in [1.29, 1.82) is 0 Å². The number of carbonyl (C=O) groups excluding carboxylic acids is 1. The number of aromatic nitrogens is 4. The predicted molar refractivity (Wildman–Crippen MR) is 149 cm³/mol. The van der Waals surface area contributed by atoms with Gasteiger partial charge in [-0.2, -0.15) is 5.10 Å². The van der Waals surface area contributed by atoms with Crippen molar-refractivity contribution in [3.63, 3.8) is 0 Å². The van der Waals surface area contributed by atoms with E-state index in [2.05, 4.69) is 37.8 Å². The first-order valence-corrected chi connectivity index (χ1v) is 13.5. The zero-order valence-corrected chi connectivity index (χ0v) is 23.2. The average molecular weight is 533 g/mol. The molecule has 6 rings (SSSR count). The summed E-state index contributed by atoms with van der Waals surface area (Å²) in [6.45, 7) is 11.3. The van der Waals surface area contributed by atoms with Gasteiger partial charge in [-0.15, -0.1) is 3.89 Å². The number of carbonyl (C=O) groups is 1. The molecule has 0 saturated carbocycles. The number of aryl methyl sites for hydroxylation is 1. The number of imidazole rings is 1. The molecule has 0 N–H and O–H groups in total. The zero-order valence-electron chi connectivity index (χ0n) is 22.4. The van der Waals surface area contributed by atoms with E-state index in [0.717, 1.165) is 23.8 Å². The maximum absolute atomic E-state index is 16.1. The fourth-order valence-corrected chi connectivity index (χ4v) is 6.64. The molecule has 1 atom stereocenters. The Kier molecular flexibility index (Phi) is 5.58. The Morgan fingerprint density at radius 1 is 1.08 bits per heavy atom. The van der Waals surface area contributed by atoms with Crippen molar-refractivity contribution in [1.82, 2.24) is 18.7 Å². The summed E-state index contributed by atoms with van der Waals surface area (Å²) in [5.41, 5.74) is 5.29. The van der Waals surface area contributed by atoms with Gasteiger partial charge < -0.3 is 0 Å². The third kappa shape index (κ3) is 3.56. The lowest BCUT2D eigenvalue weighted by atomic mass is 9.42. The molecular weight excluding hydrogens is 503 g/mol. The molecule has 6 nitrogen and oxygen atoms in total. The molecule has 4 aromatic rings. The molecule has 0 spiro atoms. The minimum absolute atomic E-state index is 0.0602. The molecule has 0 aliphatic carbocycles. The summed E-state index contributed by atoms with van der Waals surface area (Å²) in [5.74, 6) is -0.627. The number of amides is 1. The second kappa shape index (κ2) is 8.43. The van der Waals surface area contributed by atoms with Crippen LogP contribution in [0.4, 0.5) is 14.0 Å². The molecule has 196 valence electrons. The van der Waals surface area contributed by atoms with E-state index in [4.69, 9.17) is 0 Å². The monoisotopic (exact) mass is 533 g/mol. The van der Waals surface area contributed by atoms with Gasteiger partial charge in [0.1, 0.15) is 12.1 Å². The number of nitrogens with zero attached hydrogens (tertiary/aromatic N) is 5. The number of benzene rings is 2. The number of hydrogen-bond acceptors (Lipinski definition) is 4. The van der Waals surface area contributed by atoms with Crippen LogP contribution in [0.15, 0.2) is 42.7 Å². The summed E-state index contributed by atoms with van der Waals surface area (Å²) < 4.78 is 32.3. The van der Waals surface area contributed by atoms with Crippen LogP contribution in [-0.4, -0.2) is 31.4 Å². The Morgan fingerprint density at radius 3 is 2.45 bits per heavy atom. The van der Waals surface area contributed by atoms with Gasteiger partial charge in [-0.25, -0.2) is 13.3 Å². The van der Waals surface area contributed by atoms with Crippen molar-refractivity contribution in [2.45, 2.75) is 53.3 Å². The summed E-state index contributed by atoms with van der Waals surface area (Å²) in [4.78, 5) is 19.6. The third-order valence-corrected chi connectivity index (χ3v) is 9.76. The summed E-state index contributed by atoms with van der Waals surface area (Å²) in [5, 5.41) is 4.48. The van der Waals surface area contributed by atoms with Gasteiger partial charge in [-0.3, -0.25) is 14.4 Å². The van der Waals surface area contributed by atoms with Crippen LogP contribution >= 0.6 is 12.3 Å². The maximum atomic E-state index is 16.1. The van der Waals surface area contributed by atoms with Crippen LogP contribution in [0.2, 0.25) is 12.6 Å². The van der Waals surface area contributed by atoms with Gasteiger partial charge in [-0.1, -0.05) is 57.9 Å². The standard InChI is InChI=1S/C28H30BF2N5OS/c1-16-23-24(33-34(16)6)26(37)36(18-8-10-22-21(12-18)32-15-35(22)38-31)25(23)19-9-7-17(11-20(19)30)29-13-27(2,3)28(4,5)14-29/h7-12,15,25H,13-14H2,1-6H3. The molecule has 1 amide bonds. The fraction of sp³-hybridized carbons (Fsp3) is 0.393. The van der Waals surface area contributed by atoms with Crippen molar-refractivity contribution in [2.24, 2.45) is 17.9 Å². The van der Waals surface area contributed by atoms with E-state index in [9.17, 15) is 8.68 Å². The maximum Gasteiger partial charge on any atom is 0.280 e. The van der Waals surface area contributed by atoms with Crippen molar-refractivity contribution >= 4 is 47.1 Å². The Labute approximate surface area is 225 Å². The van der Waals surface area contributed by atoms with Gasteiger partial charge in [0.15, 0.2) is 24.7 Å². The quantitative estimate of drug-likeness (QED) is 0.297.